The zero-order valence-electron chi connectivity index (χ0n) is 14.6. The standard InChI is InChI=1S/C18H21F2N5O2/c19-13(20)9-25-11-4-2-1-3-10(11)5-6-12(25)15-14-16(21)23-18(26)24-17(14)27-8-7-22-15/h1-4,12-13,15,22H,5-9H2,(H3,21,23,24,26). The quantitative estimate of drug-likeness (QED) is 0.750. The van der Waals surface area contributed by atoms with Crippen molar-refractivity contribution in [3.63, 3.8) is 0 Å². The van der Waals surface area contributed by atoms with Gasteiger partial charge in [0.05, 0.1) is 18.2 Å². The second-order valence-corrected chi connectivity index (χ2v) is 6.73. The number of alkyl halides is 2. The van der Waals surface area contributed by atoms with E-state index in [0.29, 0.717) is 25.1 Å². The third kappa shape index (κ3) is 3.34. The van der Waals surface area contributed by atoms with Crippen LogP contribution in [0.25, 0.3) is 0 Å². The van der Waals surface area contributed by atoms with Gasteiger partial charge in [-0.1, -0.05) is 18.2 Å². The lowest BCUT2D eigenvalue weighted by Crippen LogP contribution is -2.49. The highest BCUT2D eigenvalue weighted by Crippen LogP contribution is 2.39. The molecule has 27 heavy (non-hydrogen) atoms. The first-order valence-electron chi connectivity index (χ1n) is 8.93. The second-order valence-electron chi connectivity index (χ2n) is 6.73. The minimum atomic E-state index is -2.48. The molecule has 0 saturated heterocycles. The monoisotopic (exact) mass is 377 g/mol. The molecule has 7 nitrogen and oxygen atoms in total. The van der Waals surface area contributed by atoms with Gasteiger partial charge >= 0.3 is 5.69 Å². The molecule has 9 heteroatoms. The molecule has 1 aromatic carbocycles. The number of nitrogens with one attached hydrogen (secondary N) is 2. The lowest BCUT2D eigenvalue weighted by Gasteiger charge is -2.43. The van der Waals surface area contributed by atoms with Gasteiger partial charge in [0, 0.05) is 18.3 Å². The number of H-pyrrole nitrogens is 1. The van der Waals surface area contributed by atoms with Crippen LogP contribution in [0, 0.1) is 0 Å². The topological polar surface area (TPSA) is 96.3 Å². The number of nitrogen functional groups attached to an aromatic ring is 1. The van der Waals surface area contributed by atoms with E-state index in [1.165, 1.54) is 0 Å². The van der Waals surface area contributed by atoms with E-state index in [1.54, 1.807) is 4.90 Å². The van der Waals surface area contributed by atoms with Gasteiger partial charge in [-0.3, -0.25) is 4.98 Å². The van der Waals surface area contributed by atoms with E-state index in [-0.39, 0.29) is 30.3 Å². The van der Waals surface area contributed by atoms with Gasteiger partial charge < -0.3 is 20.7 Å². The number of ether oxygens (including phenoxy) is 1. The van der Waals surface area contributed by atoms with Crippen molar-refractivity contribution in [1.82, 2.24) is 15.3 Å². The molecular weight excluding hydrogens is 356 g/mol. The Hall–Kier alpha value is -2.68. The number of rotatable bonds is 3. The number of aromatic nitrogens is 2. The van der Waals surface area contributed by atoms with Crippen molar-refractivity contribution in [1.29, 1.82) is 0 Å². The Morgan fingerprint density at radius 3 is 3.00 bits per heavy atom. The summed E-state index contributed by atoms with van der Waals surface area (Å²) in [5.74, 6) is 0.322. The van der Waals surface area contributed by atoms with E-state index >= 15 is 0 Å². The van der Waals surface area contributed by atoms with E-state index in [4.69, 9.17) is 10.5 Å². The van der Waals surface area contributed by atoms with Crippen LogP contribution in [0.3, 0.4) is 0 Å². The zero-order valence-corrected chi connectivity index (χ0v) is 14.6. The molecule has 3 heterocycles. The maximum absolute atomic E-state index is 13.4. The first kappa shape index (κ1) is 17.7. The maximum atomic E-state index is 13.4. The minimum Gasteiger partial charge on any atom is -0.476 e. The van der Waals surface area contributed by atoms with Crippen LogP contribution in [0.5, 0.6) is 5.88 Å². The van der Waals surface area contributed by atoms with Gasteiger partial charge in [0.2, 0.25) is 5.88 Å². The van der Waals surface area contributed by atoms with Crippen molar-refractivity contribution in [3.05, 3.63) is 45.9 Å². The summed E-state index contributed by atoms with van der Waals surface area (Å²) in [6.07, 6.45) is -1.04. The molecule has 2 aromatic rings. The Balaban J connectivity index is 1.79. The number of nitrogens with two attached hydrogens (primary N) is 1. The number of nitrogens with zero attached hydrogens (tertiary/aromatic N) is 2. The molecule has 144 valence electrons. The summed E-state index contributed by atoms with van der Waals surface area (Å²) in [5, 5.41) is 3.35. The molecule has 4 rings (SSSR count). The predicted molar refractivity (Wildman–Crippen MR) is 97.4 cm³/mol. The van der Waals surface area contributed by atoms with Crippen molar-refractivity contribution >= 4 is 11.5 Å². The summed E-state index contributed by atoms with van der Waals surface area (Å²) in [6, 6.07) is 6.94. The third-order valence-electron chi connectivity index (χ3n) is 5.11. The molecule has 0 amide bonds. The van der Waals surface area contributed by atoms with Crippen LogP contribution >= 0.6 is 0 Å². The van der Waals surface area contributed by atoms with Crippen molar-refractivity contribution < 1.29 is 13.5 Å². The number of para-hydroxylation sites is 1. The van der Waals surface area contributed by atoms with Crippen LogP contribution in [-0.4, -0.2) is 42.1 Å². The van der Waals surface area contributed by atoms with E-state index in [9.17, 15) is 13.6 Å². The summed E-state index contributed by atoms with van der Waals surface area (Å²) in [7, 11) is 0. The summed E-state index contributed by atoms with van der Waals surface area (Å²) < 4.78 is 32.4. The molecule has 2 unspecified atom stereocenters. The molecule has 1 aromatic heterocycles. The van der Waals surface area contributed by atoms with E-state index in [2.05, 4.69) is 15.3 Å². The number of benzene rings is 1. The smallest absolute Gasteiger partial charge is 0.349 e. The van der Waals surface area contributed by atoms with E-state index < -0.39 is 12.1 Å². The van der Waals surface area contributed by atoms with Gasteiger partial charge in [0.25, 0.3) is 6.43 Å². The van der Waals surface area contributed by atoms with Gasteiger partial charge in [-0.2, -0.15) is 4.98 Å². The Bertz CT molecular complexity index is 888. The fourth-order valence-electron chi connectivity index (χ4n) is 4.05. The third-order valence-corrected chi connectivity index (χ3v) is 5.11. The molecule has 2 aliphatic rings. The number of fused-ring (bicyclic) bond motifs is 2. The highest BCUT2D eigenvalue weighted by Gasteiger charge is 2.38. The van der Waals surface area contributed by atoms with Crippen LogP contribution in [0.2, 0.25) is 0 Å². The second kappa shape index (κ2) is 7.15. The molecule has 0 fully saturated rings. The lowest BCUT2D eigenvalue weighted by molar-refractivity contribution is 0.148. The van der Waals surface area contributed by atoms with Gasteiger partial charge in [-0.25, -0.2) is 13.6 Å². The fraction of sp³-hybridized carbons (Fsp3) is 0.444. The summed E-state index contributed by atoms with van der Waals surface area (Å²) in [6.45, 7) is 0.430. The number of aryl methyl sites for hydroxylation is 1. The van der Waals surface area contributed by atoms with Crippen LogP contribution < -0.4 is 26.4 Å². The molecule has 2 aliphatic heterocycles. The molecule has 2 atom stereocenters. The first-order chi connectivity index (χ1) is 13.0. The maximum Gasteiger partial charge on any atom is 0.349 e. The van der Waals surface area contributed by atoms with Gasteiger partial charge in [0.15, 0.2) is 0 Å². The number of hydrogen-bond acceptors (Lipinski definition) is 6. The van der Waals surface area contributed by atoms with Gasteiger partial charge in [0.1, 0.15) is 12.4 Å². The normalized spacial score (nSPS) is 22.0. The summed E-state index contributed by atoms with van der Waals surface area (Å²) in [4.78, 5) is 19.8. The minimum absolute atomic E-state index is 0.153. The number of anilines is 2. The SMILES string of the molecule is Nc1[nH]c(=O)nc2c1C(C1CCc3ccccc3N1CC(F)F)NCCO2. The van der Waals surface area contributed by atoms with Crippen molar-refractivity contribution in [3.8, 4) is 5.88 Å². The highest BCUT2D eigenvalue weighted by molar-refractivity contribution is 5.58. The molecular formula is C18H21F2N5O2. The van der Waals surface area contributed by atoms with Crippen molar-refractivity contribution in [2.45, 2.75) is 31.4 Å². The van der Waals surface area contributed by atoms with Crippen LogP contribution in [0.15, 0.2) is 29.1 Å². The average Bonchev–Trinajstić information content (AvgIpc) is 2.84. The zero-order chi connectivity index (χ0) is 19.0. The first-order valence-corrected chi connectivity index (χ1v) is 8.93. The molecule has 0 bridgehead atoms. The highest BCUT2D eigenvalue weighted by atomic mass is 19.3. The van der Waals surface area contributed by atoms with Crippen molar-refractivity contribution in [2.24, 2.45) is 0 Å². The summed E-state index contributed by atoms with van der Waals surface area (Å²) in [5.41, 5.74) is 7.85. The number of hydrogen-bond donors (Lipinski definition) is 3. The molecule has 0 aliphatic carbocycles. The number of halogens is 2. The Labute approximate surface area is 154 Å². The van der Waals surface area contributed by atoms with Gasteiger partial charge in [-0.15, -0.1) is 0 Å². The molecule has 0 spiro atoms. The van der Waals surface area contributed by atoms with Crippen LogP contribution in [0.1, 0.15) is 23.6 Å². The Morgan fingerprint density at radius 1 is 1.37 bits per heavy atom. The largest absolute Gasteiger partial charge is 0.476 e. The van der Waals surface area contributed by atoms with E-state index in [0.717, 1.165) is 17.7 Å². The van der Waals surface area contributed by atoms with Crippen LogP contribution in [0.4, 0.5) is 20.3 Å². The predicted octanol–water partition coefficient (Wildman–Crippen LogP) is 1.46. The van der Waals surface area contributed by atoms with Crippen molar-refractivity contribution in [2.75, 3.05) is 30.3 Å². The Kier molecular flexibility index (Phi) is 4.69. The van der Waals surface area contributed by atoms with Gasteiger partial charge in [-0.05, 0) is 24.5 Å². The fourth-order valence-corrected chi connectivity index (χ4v) is 4.05. The average molecular weight is 377 g/mol. The molecule has 0 saturated carbocycles. The Morgan fingerprint density at radius 2 is 2.19 bits per heavy atom. The molecule has 0 radical (unpaired) electrons. The lowest BCUT2D eigenvalue weighted by atomic mass is 9.88. The number of aromatic amines is 1. The molecule has 4 N–H and O–H groups in total. The van der Waals surface area contributed by atoms with E-state index in [1.807, 2.05) is 24.3 Å². The summed E-state index contributed by atoms with van der Waals surface area (Å²) >= 11 is 0. The van der Waals surface area contributed by atoms with Crippen LogP contribution in [-0.2, 0) is 6.42 Å².